The Morgan fingerprint density at radius 3 is 2.64 bits per heavy atom. The highest BCUT2D eigenvalue weighted by Gasteiger charge is 2.75. The average molecular weight is 392 g/mol. The number of hydrogen-bond donors (Lipinski definition) is 3. The van der Waals surface area contributed by atoms with Crippen molar-refractivity contribution in [2.24, 2.45) is 28.6 Å². The number of carbonyl (C=O) groups excluding carboxylic acids is 2. The zero-order chi connectivity index (χ0) is 20.7. The van der Waals surface area contributed by atoms with Crippen LogP contribution < -0.4 is 0 Å². The van der Waals surface area contributed by atoms with Gasteiger partial charge in [0.25, 0.3) is 0 Å². The maximum absolute atomic E-state index is 16.9. The van der Waals surface area contributed by atoms with E-state index in [9.17, 15) is 24.9 Å². The normalized spacial score (nSPS) is 52.5. The number of Topliss-reactive ketones (excluding diaryl/α,β-unsaturated/α-hetero) is 1. The van der Waals surface area contributed by atoms with Gasteiger partial charge in [-0.2, -0.15) is 0 Å². The van der Waals surface area contributed by atoms with Gasteiger partial charge in [-0.05, 0) is 56.6 Å². The van der Waals surface area contributed by atoms with Crippen molar-refractivity contribution >= 4 is 11.6 Å². The van der Waals surface area contributed by atoms with Crippen LogP contribution in [0.2, 0.25) is 0 Å². The number of aliphatic hydroxyl groups excluding tert-OH is 2. The van der Waals surface area contributed by atoms with E-state index < -0.39 is 52.4 Å². The molecule has 0 radical (unpaired) electrons. The van der Waals surface area contributed by atoms with Gasteiger partial charge >= 0.3 is 0 Å². The lowest BCUT2D eigenvalue weighted by atomic mass is 9.44. The van der Waals surface area contributed by atoms with Gasteiger partial charge in [-0.15, -0.1) is 0 Å². The predicted octanol–water partition coefficient (Wildman–Crippen LogP) is 1.90. The first-order valence-corrected chi connectivity index (χ1v) is 10.1. The predicted molar refractivity (Wildman–Crippen MR) is 99.9 cm³/mol. The van der Waals surface area contributed by atoms with Crippen molar-refractivity contribution in [3.05, 3.63) is 23.8 Å². The molecule has 4 aliphatic rings. The Hall–Kier alpha value is -1.37. The molecule has 0 spiro atoms. The summed E-state index contributed by atoms with van der Waals surface area (Å²) in [5, 5.41) is 32.0. The summed E-state index contributed by atoms with van der Waals surface area (Å²) >= 11 is 0. The van der Waals surface area contributed by atoms with E-state index in [0.717, 1.165) is 0 Å². The minimum absolute atomic E-state index is 0.0676. The Morgan fingerprint density at radius 1 is 1.32 bits per heavy atom. The van der Waals surface area contributed by atoms with Crippen LogP contribution >= 0.6 is 0 Å². The molecule has 0 aliphatic heterocycles. The quantitative estimate of drug-likeness (QED) is 0.667. The number of aliphatic hydroxyl groups is 3. The number of alkyl halides is 1. The highest BCUT2D eigenvalue weighted by atomic mass is 19.1. The van der Waals surface area contributed by atoms with Crippen molar-refractivity contribution in [1.29, 1.82) is 0 Å². The molecule has 28 heavy (non-hydrogen) atoms. The van der Waals surface area contributed by atoms with Crippen molar-refractivity contribution in [1.82, 2.24) is 0 Å². The Kier molecular flexibility index (Phi) is 4.15. The molecule has 3 fully saturated rings. The fraction of sp³-hybridized carbons (Fsp3) is 0.727. The Morgan fingerprint density at radius 2 is 2.00 bits per heavy atom. The van der Waals surface area contributed by atoms with Crippen molar-refractivity contribution < 1.29 is 29.3 Å². The fourth-order valence-corrected chi connectivity index (χ4v) is 7.26. The number of carbonyl (C=O) groups is 2. The van der Waals surface area contributed by atoms with Crippen LogP contribution in [-0.4, -0.2) is 50.9 Å². The van der Waals surface area contributed by atoms with Crippen molar-refractivity contribution in [3.63, 3.8) is 0 Å². The third-order valence-corrected chi connectivity index (χ3v) is 8.79. The van der Waals surface area contributed by atoms with E-state index in [1.165, 1.54) is 12.2 Å². The van der Waals surface area contributed by atoms with Gasteiger partial charge in [0.15, 0.2) is 17.2 Å². The number of allylic oxidation sites excluding steroid dienone is 4. The molecule has 0 amide bonds. The van der Waals surface area contributed by atoms with Crippen molar-refractivity contribution in [2.45, 2.75) is 63.8 Å². The lowest BCUT2D eigenvalue weighted by molar-refractivity contribution is -0.219. The molecule has 0 heterocycles. The van der Waals surface area contributed by atoms with Crippen molar-refractivity contribution in [2.75, 3.05) is 6.61 Å². The zero-order valence-electron chi connectivity index (χ0n) is 16.6. The first-order valence-electron chi connectivity index (χ1n) is 10.1. The molecule has 4 aliphatic carbocycles. The summed E-state index contributed by atoms with van der Waals surface area (Å²) in [4.78, 5) is 24.4. The van der Waals surface area contributed by atoms with Crippen LogP contribution in [0.15, 0.2) is 23.8 Å². The van der Waals surface area contributed by atoms with Crippen LogP contribution in [0.25, 0.3) is 0 Å². The standard InChI is InChI=1S/C22H29FO5/c1-12-8-16-15-5-4-13-9-14(25)6-7-19(13,2)21(15,23)17(26)10-20(16,3)22(12,28)18(27)11-24/h6-7,9,12,15-17,24,26,28H,4-5,8,10-11H2,1-3H3/t12?,15-,16-,17-,19-,20-,21-,22-/m0/s1. The summed E-state index contributed by atoms with van der Waals surface area (Å²) < 4.78 is 16.9. The second-order valence-corrected chi connectivity index (χ2v) is 9.75. The third kappa shape index (κ3) is 2.01. The molecule has 1 unspecified atom stereocenters. The smallest absolute Gasteiger partial charge is 0.190 e. The fourth-order valence-electron chi connectivity index (χ4n) is 7.26. The maximum atomic E-state index is 16.9. The van der Waals surface area contributed by atoms with Crippen LogP contribution in [0.4, 0.5) is 4.39 Å². The van der Waals surface area contributed by atoms with Gasteiger partial charge in [-0.25, -0.2) is 4.39 Å². The molecule has 3 N–H and O–H groups in total. The highest BCUT2D eigenvalue weighted by Crippen LogP contribution is 2.70. The average Bonchev–Trinajstić information content (AvgIpc) is 2.84. The number of ketones is 2. The zero-order valence-corrected chi connectivity index (χ0v) is 16.6. The minimum atomic E-state index is -1.98. The molecule has 0 aromatic carbocycles. The summed E-state index contributed by atoms with van der Waals surface area (Å²) in [5.41, 5.74) is -5.17. The van der Waals surface area contributed by atoms with E-state index in [-0.39, 0.29) is 18.1 Å². The highest BCUT2D eigenvalue weighted by molar-refractivity contribution is 6.01. The summed E-state index contributed by atoms with van der Waals surface area (Å²) in [5.74, 6) is -2.12. The van der Waals surface area contributed by atoms with Gasteiger partial charge in [0.2, 0.25) is 0 Å². The van der Waals surface area contributed by atoms with Crippen LogP contribution in [0.1, 0.15) is 46.5 Å². The molecular weight excluding hydrogens is 363 g/mol. The molecule has 4 rings (SSSR count). The minimum Gasteiger partial charge on any atom is -0.390 e. The molecule has 6 heteroatoms. The Labute approximate surface area is 164 Å². The molecule has 0 saturated heterocycles. The van der Waals surface area contributed by atoms with E-state index in [4.69, 9.17) is 0 Å². The molecule has 0 bridgehead atoms. The van der Waals surface area contributed by atoms with E-state index in [1.54, 1.807) is 26.8 Å². The van der Waals surface area contributed by atoms with Crippen LogP contribution in [-0.2, 0) is 9.59 Å². The molecular formula is C22H29FO5. The molecule has 0 aromatic heterocycles. The lowest BCUT2D eigenvalue weighted by Crippen LogP contribution is -2.69. The van der Waals surface area contributed by atoms with Gasteiger partial charge in [0, 0.05) is 16.7 Å². The van der Waals surface area contributed by atoms with Crippen LogP contribution in [0.3, 0.4) is 0 Å². The van der Waals surface area contributed by atoms with Crippen LogP contribution in [0, 0.1) is 28.6 Å². The van der Waals surface area contributed by atoms with Gasteiger partial charge in [-0.3, -0.25) is 9.59 Å². The second kappa shape index (κ2) is 5.83. The molecule has 0 aromatic rings. The maximum Gasteiger partial charge on any atom is 0.190 e. The first kappa shape index (κ1) is 19.9. The monoisotopic (exact) mass is 392 g/mol. The second-order valence-electron chi connectivity index (χ2n) is 9.75. The van der Waals surface area contributed by atoms with Gasteiger partial charge in [-0.1, -0.05) is 25.5 Å². The van der Waals surface area contributed by atoms with Crippen molar-refractivity contribution in [3.8, 4) is 0 Å². The third-order valence-electron chi connectivity index (χ3n) is 8.79. The first-order chi connectivity index (χ1) is 13.0. The van der Waals surface area contributed by atoms with Gasteiger partial charge < -0.3 is 15.3 Å². The van der Waals surface area contributed by atoms with E-state index in [2.05, 4.69) is 0 Å². The Bertz CT molecular complexity index is 805. The van der Waals surface area contributed by atoms with E-state index >= 15 is 4.39 Å². The SMILES string of the molecule is CC1C[C@H]2[C@@H]3CCC4=CC(=O)C=C[C@]4(C)[C@@]3(F)[C@@H](O)C[C@]2(C)[C@@]1(O)C(=O)CO. The Balaban J connectivity index is 1.84. The molecule has 5 nitrogen and oxygen atoms in total. The number of rotatable bonds is 2. The molecule has 154 valence electrons. The summed E-state index contributed by atoms with van der Waals surface area (Å²) in [6.07, 6.45) is 4.44. The van der Waals surface area contributed by atoms with Gasteiger partial charge in [0.05, 0.1) is 6.10 Å². The molecule has 3 saturated carbocycles. The number of hydrogen-bond acceptors (Lipinski definition) is 5. The van der Waals surface area contributed by atoms with E-state index in [0.29, 0.717) is 24.8 Å². The number of halogens is 1. The van der Waals surface area contributed by atoms with Gasteiger partial charge in [0.1, 0.15) is 12.2 Å². The molecule has 8 atom stereocenters. The lowest BCUT2D eigenvalue weighted by Gasteiger charge is -2.62. The van der Waals surface area contributed by atoms with E-state index in [1.807, 2.05) is 0 Å². The topological polar surface area (TPSA) is 94.8 Å². The summed E-state index contributed by atoms with van der Waals surface area (Å²) in [6, 6.07) is 0. The summed E-state index contributed by atoms with van der Waals surface area (Å²) in [6.45, 7) is 4.48. The number of fused-ring (bicyclic) bond motifs is 5. The largest absolute Gasteiger partial charge is 0.390 e. The van der Waals surface area contributed by atoms with Crippen LogP contribution in [0.5, 0.6) is 0 Å². The summed E-state index contributed by atoms with van der Waals surface area (Å²) in [7, 11) is 0.